The second-order valence-corrected chi connectivity index (χ2v) is 5.70. The first-order valence-corrected chi connectivity index (χ1v) is 8.45. The molecule has 0 heterocycles. The molecular formula is C20H27NO3. The quantitative estimate of drug-likeness (QED) is 0.660. The second kappa shape index (κ2) is 9.83. The third-order valence-electron chi connectivity index (χ3n) is 3.46. The van der Waals surface area contributed by atoms with Crippen LogP contribution in [-0.2, 0) is 4.74 Å². The molecule has 1 N–H and O–H groups in total. The van der Waals surface area contributed by atoms with Crippen LogP contribution in [0.4, 0.5) is 5.69 Å². The summed E-state index contributed by atoms with van der Waals surface area (Å²) in [6, 6.07) is 16.0. The summed E-state index contributed by atoms with van der Waals surface area (Å²) in [7, 11) is 0. The van der Waals surface area contributed by atoms with Gasteiger partial charge in [0.1, 0.15) is 24.2 Å². The van der Waals surface area contributed by atoms with Crippen LogP contribution < -0.4 is 14.8 Å². The van der Waals surface area contributed by atoms with Crippen molar-refractivity contribution in [2.75, 3.05) is 31.7 Å². The number of aryl methyl sites for hydroxylation is 1. The standard InChI is InChI=1S/C20H27NO3/c1-4-22-11-12-23-19-9-6-8-18(14-19)21-15-17(3)24-20-10-5-7-16(2)13-20/h5-10,13-14,17,21H,4,11-12,15H2,1-3H3. The summed E-state index contributed by atoms with van der Waals surface area (Å²) in [6.07, 6.45) is 0.0642. The summed E-state index contributed by atoms with van der Waals surface area (Å²) in [5.41, 5.74) is 2.22. The first kappa shape index (κ1) is 18.1. The Morgan fingerprint density at radius 2 is 1.79 bits per heavy atom. The normalized spacial score (nSPS) is 11.8. The number of ether oxygens (including phenoxy) is 3. The molecule has 1 atom stereocenters. The van der Waals surface area contributed by atoms with Crippen LogP contribution in [0.2, 0.25) is 0 Å². The van der Waals surface area contributed by atoms with Crippen LogP contribution in [0.5, 0.6) is 11.5 Å². The van der Waals surface area contributed by atoms with E-state index in [-0.39, 0.29) is 6.10 Å². The van der Waals surface area contributed by atoms with Gasteiger partial charge in [-0.3, -0.25) is 0 Å². The van der Waals surface area contributed by atoms with Gasteiger partial charge in [0, 0.05) is 18.4 Å². The Kier molecular flexibility index (Phi) is 7.43. The molecule has 0 aromatic heterocycles. The molecule has 4 heteroatoms. The Morgan fingerprint density at radius 3 is 2.58 bits per heavy atom. The predicted molar refractivity (Wildman–Crippen MR) is 98.2 cm³/mol. The average Bonchev–Trinajstić information content (AvgIpc) is 2.57. The molecular weight excluding hydrogens is 302 g/mol. The fraction of sp³-hybridized carbons (Fsp3) is 0.400. The van der Waals surface area contributed by atoms with E-state index in [0.29, 0.717) is 19.8 Å². The molecule has 0 fully saturated rings. The van der Waals surface area contributed by atoms with E-state index in [1.807, 2.05) is 49.4 Å². The summed E-state index contributed by atoms with van der Waals surface area (Å²) < 4.78 is 16.9. The predicted octanol–water partition coefficient (Wildman–Crippen LogP) is 4.29. The maximum Gasteiger partial charge on any atom is 0.121 e. The highest BCUT2D eigenvalue weighted by Crippen LogP contribution is 2.18. The molecule has 2 aromatic rings. The van der Waals surface area contributed by atoms with Crippen LogP contribution >= 0.6 is 0 Å². The Labute approximate surface area is 144 Å². The van der Waals surface area contributed by atoms with Crippen LogP contribution in [-0.4, -0.2) is 32.5 Å². The SMILES string of the molecule is CCOCCOc1cccc(NCC(C)Oc2cccc(C)c2)c1. The van der Waals surface area contributed by atoms with Crippen molar-refractivity contribution in [2.45, 2.75) is 26.9 Å². The van der Waals surface area contributed by atoms with Crippen molar-refractivity contribution in [3.05, 3.63) is 54.1 Å². The van der Waals surface area contributed by atoms with Gasteiger partial charge in [0.2, 0.25) is 0 Å². The minimum absolute atomic E-state index is 0.0642. The van der Waals surface area contributed by atoms with Crippen molar-refractivity contribution in [2.24, 2.45) is 0 Å². The summed E-state index contributed by atoms with van der Waals surface area (Å²) in [6.45, 7) is 8.69. The summed E-state index contributed by atoms with van der Waals surface area (Å²) in [5, 5.41) is 3.39. The van der Waals surface area contributed by atoms with E-state index < -0.39 is 0 Å². The Balaban J connectivity index is 1.78. The van der Waals surface area contributed by atoms with Crippen molar-refractivity contribution in [3.63, 3.8) is 0 Å². The molecule has 0 aliphatic carbocycles. The van der Waals surface area contributed by atoms with Gasteiger partial charge in [0.25, 0.3) is 0 Å². The highest BCUT2D eigenvalue weighted by molar-refractivity contribution is 5.48. The third kappa shape index (κ3) is 6.50. The number of hydrogen-bond acceptors (Lipinski definition) is 4. The smallest absolute Gasteiger partial charge is 0.121 e. The molecule has 0 aliphatic rings. The number of anilines is 1. The molecule has 0 spiro atoms. The number of nitrogens with one attached hydrogen (secondary N) is 1. The molecule has 24 heavy (non-hydrogen) atoms. The molecule has 4 nitrogen and oxygen atoms in total. The topological polar surface area (TPSA) is 39.7 Å². The van der Waals surface area contributed by atoms with Crippen LogP contribution in [0.15, 0.2) is 48.5 Å². The third-order valence-corrected chi connectivity index (χ3v) is 3.46. The second-order valence-electron chi connectivity index (χ2n) is 5.70. The van der Waals surface area contributed by atoms with E-state index in [9.17, 15) is 0 Å². The van der Waals surface area contributed by atoms with Crippen LogP contribution in [0, 0.1) is 6.92 Å². The zero-order chi connectivity index (χ0) is 17.2. The molecule has 0 saturated carbocycles. The molecule has 0 amide bonds. The van der Waals surface area contributed by atoms with E-state index in [1.54, 1.807) is 0 Å². The van der Waals surface area contributed by atoms with Crippen molar-refractivity contribution >= 4 is 5.69 Å². The monoisotopic (exact) mass is 329 g/mol. The number of rotatable bonds is 10. The molecule has 130 valence electrons. The zero-order valence-electron chi connectivity index (χ0n) is 14.7. The molecule has 1 unspecified atom stereocenters. The lowest BCUT2D eigenvalue weighted by Crippen LogP contribution is -2.22. The van der Waals surface area contributed by atoms with Gasteiger partial charge in [-0.2, -0.15) is 0 Å². The van der Waals surface area contributed by atoms with Crippen LogP contribution in [0.3, 0.4) is 0 Å². The minimum Gasteiger partial charge on any atom is -0.491 e. The zero-order valence-corrected chi connectivity index (χ0v) is 14.7. The Hall–Kier alpha value is -2.20. The molecule has 0 bridgehead atoms. The van der Waals surface area contributed by atoms with E-state index in [2.05, 4.69) is 25.2 Å². The van der Waals surface area contributed by atoms with Crippen molar-refractivity contribution < 1.29 is 14.2 Å². The lowest BCUT2D eigenvalue weighted by Gasteiger charge is -2.17. The summed E-state index contributed by atoms with van der Waals surface area (Å²) >= 11 is 0. The molecule has 0 aliphatic heterocycles. The van der Waals surface area contributed by atoms with E-state index >= 15 is 0 Å². The summed E-state index contributed by atoms with van der Waals surface area (Å²) in [5.74, 6) is 1.74. The van der Waals surface area contributed by atoms with E-state index in [4.69, 9.17) is 14.2 Å². The van der Waals surface area contributed by atoms with Gasteiger partial charge in [-0.05, 0) is 50.6 Å². The molecule has 2 rings (SSSR count). The highest BCUT2D eigenvalue weighted by Gasteiger charge is 2.05. The maximum absolute atomic E-state index is 5.93. The van der Waals surface area contributed by atoms with E-state index in [1.165, 1.54) is 5.56 Å². The Morgan fingerprint density at radius 1 is 1.00 bits per heavy atom. The molecule has 2 aromatic carbocycles. The largest absolute Gasteiger partial charge is 0.491 e. The maximum atomic E-state index is 5.93. The minimum atomic E-state index is 0.0642. The van der Waals surface area contributed by atoms with Crippen LogP contribution in [0.1, 0.15) is 19.4 Å². The number of hydrogen-bond donors (Lipinski definition) is 1. The Bertz CT molecular complexity index is 615. The molecule has 0 radical (unpaired) electrons. The highest BCUT2D eigenvalue weighted by atomic mass is 16.5. The average molecular weight is 329 g/mol. The van der Waals surface area contributed by atoms with Gasteiger partial charge in [0.05, 0.1) is 13.2 Å². The first-order valence-electron chi connectivity index (χ1n) is 8.45. The fourth-order valence-corrected chi connectivity index (χ4v) is 2.28. The van der Waals surface area contributed by atoms with Crippen molar-refractivity contribution in [1.82, 2.24) is 0 Å². The number of benzene rings is 2. The lowest BCUT2D eigenvalue weighted by atomic mass is 10.2. The van der Waals surface area contributed by atoms with Gasteiger partial charge in [0.15, 0.2) is 0 Å². The van der Waals surface area contributed by atoms with Gasteiger partial charge < -0.3 is 19.5 Å². The lowest BCUT2D eigenvalue weighted by molar-refractivity contribution is 0.110. The van der Waals surface area contributed by atoms with Gasteiger partial charge in [-0.1, -0.05) is 18.2 Å². The van der Waals surface area contributed by atoms with Crippen molar-refractivity contribution in [3.8, 4) is 11.5 Å². The molecule has 0 saturated heterocycles. The first-order chi connectivity index (χ1) is 11.7. The fourth-order valence-electron chi connectivity index (χ4n) is 2.28. The van der Waals surface area contributed by atoms with E-state index in [0.717, 1.165) is 23.7 Å². The van der Waals surface area contributed by atoms with Gasteiger partial charge >= 0.3 is 0 Å². The van der Waals surface area contributed by atoms with Crippen LogP contribution in [0.25, 0.3) is 0 Å². The van der Waals surface area contributed by atoms with Gasteiger partial charge in [-0.25, -0.2) is 0 Å². The van der Waals surface area contributed by atoms with Crippen molar-refractivity contribution in [1.29, 1.82) is 0 Å². The van der Waals surface area contributed by atoms with Gasteiger partial charge in [-0.15, -0.1) is 0 Å². The summed E-state index contributed by atoms with van der Waals surface area (Å²) in [4.78, 5) is 0.